The number of aliphatic hydroxyl groups is 5. The fourth-order valence-corrected chi connectivity index (χ4v) is 13.6. The first kappa shape index (κ1) is 82.0. The predicted octanol–water partition coefficient (Wildman–Crippen LogP) is 7.78. The molecule has 0 spiro atoms. The third kappa shape index (κ3) is 22.0. The second-order valence-corrected chi connectivity index (χ2v) is 29.0. The molecule has 1 amide bonds. The molecule has 0 aliphatic carbocycles. The summed E-state index contributed by atoms with van der Waals surface area (Å²) >= 11 is 19.2. The summed E-state index contributed by atoms with van der Waals surface area (Å²) in [6.45, 7) is 8.96. The highest BCUT2D eigenvalue weighted by Crippen LogP contribution is 2.41. The zero-order valence-corrected chi connectivity index (χ0v) is 61.8. The molecule has 6 aromatic carbocycles. The van der Waals surface area contributed by atoms with Gasteiger partial charge in [-0.2, -0.15) is 0 Å². The minimum Gasteiger partial charge on any atom is -0.454 e. The largest absolute Gasteiger partial charge is 0.454 e. The number of rotatable bonds is 33. The molecular weight excluding hydrogens is 1450 g/mol. The summed E-state index contributed by atoms with van der Waals surface area (Å²) in [6.07, 6.45) is -33.7. The van der Waals surface area contributed by atoms with E-state index in [0.717, 1.165) is 34.7 Å². The normalized spacial score (nSPS) is 33.3. The molecule has 11 rings (SSSR count). The molecule has 6 aromatic rings. The quantitative estimate of drug-likeness (QED) is 0.0130. The van der Waals surface area contributed by atoms with Crippen molar-refractivity contribution in [2.24, 2.45) is 0 Å². The molecule has 6 N–H and O–H groups in total. The number of benzene rings is 6. The number of carbonyl (C=O) groups is 2. The number of hydrogen-bond donors (Lipinski definition) is 6. The van der Waals surface area contributed by atoms with Crippen LogP contribution in [0.25, 0.3) is 0 Å². The lowest BCUT2D eigenvalue weighted by Crippen LogP contribution is -2.71. The van der Waals surface area contributed by atoms with Crippen molar-refractivity contribution in [3.63, 3.8) is 0 Å². The SMILES string of the molecule is C=CCO[C@@H]1O[C@@H](C)[C@H](OCc2ccccc2)[C@@H](O[C@H]2O[C@H](COCc3ccccc3)[C@@H](OCc3ccccc3)[C@H](OCc3ccccc3)[C@H]2OCc2ccccc2)[C@H]1O[C@@H]1O[C@H](CO)[C@@H](O)[C@H](O[C@@H]2O[C@@H](C)[C@H](OCc3ccccc3)[C@@H](O[C@@H]3O[C@@H](C)[C@H](O)[C@@H](O)[C@H]3O)[C@H]2OC(C)=O)[C@H]1NC(=O)C(Cl)(Cl)Cl. The van der Waals surface area contributed by atoms with Gasteiger partial charge in [0.2, 0.25) is 0 Å². The van der Waals surface area contributed by atoms with E-state index >= 15 is 0 Å². The number of halogens is 3. The molecule has 28 heteroatoms. The summed E-state index contributed by atoms with van der Waals surface area (Å²) in [5, 5.41) is 59.9. The minimum absolute atomic E-state index is 0.00912. The smallest absolute Gasteiger partial charge is 0.303 e. The molecule has 0 aromatic heterocycles. The number of carbonyl (C=O) groups excluding carboxylic acids is 2. The van der Waals surface area contributed by atoms with Crippen LogP contribution in [0.3, 0.4) is 0 Å². The average molecular weight is 1550 g/mol. The Bertz CT molecular complexity index is 3630. The van der Waals surface area contributed by atoms with Crippen LogP contribution >= 0.6 is 34.8 Å². The van der Waals surface area contributed by atoms with Gasteiger partial charge in [0.1, 0.15) is 97.6 Å². The van der Waals surface area contributed by atoms with E-state index in [-0.39, 0.29) is 52.9 Å². The number of esters is 1. The highest BCUT2D eigenvalue weighted by Gasteiger charge is 2.60. The van der Waals surface area contributed by atoms with E-state index in [4.69, 9.17) is 115 Å². The highest BCUT2D eigenvalue weighted by molar-refractivity contribution is 6.76. The van der Waals surface area contributed by atoms with Gasteiger partial charge in [-0.05, 0) is 54.2 Å². The summed E-state index contributed by atoms with van der Waals surface area (Å²) in [4.78, 5) is 28.0. The Hall–Kier alpha value is -5.97. The van der Waals surface area contributed by atoms with E-state index in [0.29, 0.717) is 5.56 Å². The van der Waals surface area contributed by atoms with Gasteiger partial charge in [0, 0.05) is 6.92 Å². The van der Waals surface area contributed by atoms with E-state index in [2.05, 4.69) is 11.9 Å². The fraction of sp³-hybridized carbons (Fsp3) is 0.494. The summed E-state index contributed by atoms with van der Waals surface area (Å²) < 4.78 is 113. The van der Waals surface area contributed by atoms with Crippen LogP contribution in [0.4, 0.5) is 0 Å². The molecule has 5 saturated heterocycles. The second kappa shape index (κ2) is 39.8. The summed E-state index contributed by atoms with van der Waals surface area (Å²) in [6, 6.07) is 54.9. The maximum Gasteiger partial charge on any atom is 0.303 e. The van der Waals surface area contributed by atoms with Crippen molar-refractivity contribution in [2.75, 3.05) is 19.8 Å². The molecule has 5 heterocycles. The first-order valence-electron chi connectivity index (χ1n) is 35.6. The van der Waals surface area contributed by atoms with Crippen LogP contribution in [0.5, 0.6) is 0 Å². The molecule has 25 nitrogen and oxygen atoms in total. The monoisotopic (exact) mass is 1550 g/mol. The number of ether oxygens (including phenoxy) is 17. The Balaban J connectivity index is 1.01. The molecule has 25 atom stereocenters. The fourth-order valence-electron chi connectivity index (χ4n) is 13.5. The van der Waals surface area contributed by atoms with Crippen molar-refractivity contribution in [1.82, 2.24) is 5.32 Å². The van der Waals surface area contributed by atoms with Crippen LogP contribution in [0.15, 0.2) is 195 Å². The summed E-state index contributed by atoms with van der Waals surface area (Å²) in [5.74, 6) is -2.20. The van der Waals surface area contributed by atoms with Gasteiger partial charge in [-0.25, -0.2) is 0 Å². The van der Waals surface area contributed by atoms with Crippen LogP contribution in [0, 0.1) is 0 Å². The van der Waals surface area contributed by atoms with Gasteiger partial charge >= 0.3 is 5.97 Å². The summed E-state index contributed by atoms with van der Waals surface area (Å²) in [7, 11) is 0. The number of hydrogen-bond acceptors (Lipinski definition) is 24. The van der Waals surface area contributed by atoms with E-state index < -0.39 is 176 Å². The zero-order chi connectivity index (χ0) is 75.6. The number of amides is 1. The zero-order valence-electron chi connectivity index (χ0n) is 59.5. The van der Waals surface area contributed by atoms with E-state index in [9.17, 15) is 35.1 Å². The van der Waals surface area contributed by atoms with Crippen LogP contribution in [0.1, 0.15) is 61.1 Å². The molecule has 5 aliphatic rings. The maximum atomic E-state index is 14.5. The lowest BCUT2D eigenvalue weighted by Gasteiger charge is -2.52. The Morgan fingerprint density at radius 2 is 0.813 bits per heavy atom. The molecule has 5 fully saturated rings. The molecule has 0 unspecified atom stereocenters. The van der Waals surface area contributed by atoms with Crippen molar-refractivity contribution in [1.29, 1.82) is 0 Å². The molecule has 5 aliphatic heterocycles. The molecule has 0 bridgehead atoms. The van der Waals surface area contributed by atoms with Crippen LogP contribution < -0.4 is 5.32 Å². The number of nitrogens with one attached hydrogen (secondary N) is 1. The highest BCUT2D eigenvalue weighted by atomic mass is 35.6. The second-order valence-electron chi connectivity index (χ2n) is 26.8. The van der Waals surface area contributed by atoms with Crippen molar-refractivity contribution in [3.05, 3.63) is 228 Å². The van der Waals surface area contributed by atoms with Gasteiger partial charge in [-0.15, -0.1) is 6.58 Å². The lowest BCUT2D eigenvalue weighted by atomic mass is 9.94. The van der Waals surface area contributed by atoms with E-state index in [1.54, 1.807) is 38.1 Å². The van der Waals surface area contributed by atoms with Gasteiger partial charge in [0.15, 0.2) is 37.6 Å². The Kier molecular flexibility index (Phi) is 30.5. The third-order valence-electron chi connectivity index (χ3n) is 18.9. The Labute approximate surface area is 636 Å². The van der Waals surface area contributed by atoms with Crippen molar-refractivity contribution < 1.29 is 116 Å². The number of aliphatic hydroxyl groups excluding tert-OH is 5. The molecule has 107 heavy (non-hydrogen) atoms. The third-order valence-corrected chi connectivity index (χ3v) is 19.4. The first-order chi connectivity index (χ1) is 51.7. The molecule has 0 radical (unpaired) electrons. The van der Waals surface area contributed by atoms with Gasteiger partial charge in [0.25, 0.3) is 9.70 Å². The van der Waals surface area contributed by atoms with E-state index in [1.807, 2.05) is 158 Å². The van der Waals surface area contributed by atoms with Gasteiger partial charge in [-0.1, -0.05) is 223 Å². The Morgan fingerprint density at radius 1 is 0.421 bits per heavy atom. The van der Waals surface area contributed by atoms with E-state index in [1.165, 1.54) is 13.0 Å². The standard InChI is InChI=1S/C79H94Cl3NO24/c1-6-37-92-75-71(107-73-58(83-78(90)79(80,81)82)66(60(87)56(38-84)102-73)104-77-72(101-49(5)85)69(105-74-62(89)61(88)59(86)46(2)98-74)64(48(4)100-77)94-41-52-29-17-9-18-30-52)68(63(47(3)99-75)93-40-51-27-15-8-16-28-51)106-76-70(97-44-55-35-23-12-24-36-55)67(96-43-54-33-21-11-22-34-54)65(95-42-53-31-19-10-20-32-53)57(103-76)45-91-39-50-25-13-7-14-26-50/h6-36,46-48,56-77,84,86-89H,1,37-45H2,2-5H3,(H,83,90)/t46-,47-,48-,56+,57+,58+,59-,60+,61+,62+,63-,64-,65+,66+,67-,68+,69+,70+,71+,72+,73-,74-,75+,76+,77-/m0/s1. The van der Waals surface area contributed by atoms with Gasteiger partial charge in [-0.3, -0.25) is 9.59 Å². The molecule has 0 saturated carbocycles. The molecular formula is C79H94Cl3NO24. The van der Waals surface area contributed by atoms with Crippen LogP contribution in [0.2, 0.25) is 0 Å². The van der Waals surface area contributed by atoms with Crippen LogP contribution in [-0.4, -0.2) is 214 Å². The van der Waals surface area contributed by atoms with Crippen molar-refractivity contribution in [2.45, 2.75) is 225 Å². The Morgan fingerprint density at radius 3 is 1.28 bits per heavy atom. The van der Waals surface area contributed by atoms with Crippen LogP contribution in [-0.2, 0) is 130 Å². The summed E-state index contributed by atoms with van der Waals surface area (Å²) in [5.41, 5.74) is 4.85. The maximum absolute atomic E-state index is 14.5. The topological polar surface area (TPSA) is 304 Å². The first-order valence-corrected chi connectivity index (χ1v) is 36.8. The lowest BCUT2D eigenvalue weighted by molar-refractivity contribution is -0.397. The number of alkyl halides is 3. The molecule has 580 valence electrons. The average Bonchev–Trinajstić information content (AvgIpc) is 0.763. The predicted molar refractivity (Wildman–Crippen MR) is 386 cm³/mol. The van der Waals surface area contributed by atoms with Crippen molar-refractivity contribution >= 4 is 46.7 Å². The van der Waals surface area contributed by atoms with Crippen molar-refractivity contribution in [3.8, 4) is 0 Å². The minimum atomic E-state index is -2.74. The van der Waals surface area contributed by atoms with Gasteiger partial charge in [0.05, 0.1) is 77.8 Å². The van der Waals surface area contributed by atoms with Gasteiger partial charge < -0.3 is 111 Å².